The molecule has 0 amide bonds. The highest BCUT2D eigenvalue weighted by molar-refractivity contribution is 5.85. The molecule has 0 heterocycles. The van der Waals surface area contributed by atoms with Crippen LogP contribution in [0.25, 0.3) is 0 Å². The van der Waals surface area contributed by atoms with Crippen LogP contribution in [-0.4, -0.2) is 13.1 Å². The van der Waals surface area contributed by atoms with E-state index in [1.165, 1.54) is 25.3 Å². The summed E-state index contributed by atoms with van der Waals surface area (Å²) in [6, 6.07) is 4.09. The average Bonchev–Trinajstić information content (AvgIpc) is 2.11. The summed E-state index contributed by atoms with van der Waals surface area (Å²) >= 11 is 0. The normalized spacial score (nSPS) is 9.00. The average molecular weight is 220 g/mol. The molecule has 0 fully saturated rings. The maximum Gasteiger partial charge on any atom is 0.310 e. The predicted octanol–water partition coefficient (Wildman–Crippen LogP) is 1.55. The molecule has 78 valence electrons. The zero-order valence-corrected chi connectivity index (χ0v) is 8.44. The highest BCUT2D eigenvalue weighted by Gasteiger charge is 2.07. The van der Waals surface area contributed by atoms with Crippen LogP contribution in [0.3, 0.4) is 0 Å². The molecule has 14 heavy (non-hydrogen) atoms. The molecular formula is C9H11ClFNO2. The standard InChI is InChI=1S/C9H10FNO2.ClH/c1-13-9(12)5-6-4-7(11)2-3-8(6)10;/h2-4H,5,11H2,1H3;1H. The third-order valence-corrected chi connectivity index (χ3v) is 1.63. The van der Waals surface area contributed by atoms with Gasteiger partial charge in [0.05, 0.1) is 13.5 Å². The number of esters is 1. The van der Waals surface area contributed by atoms with Gasteiger partial charge in [0.25, 0.3) is 0 Å². The fourth-order valence-electron chi connectivity index (χ4n) is 0.958. The Bertz CT molecular complexity index is 331. The Morgan fingerprint density at radius 2 is 2.21 bits per heavy atom. The predicted molar refractivity (Wildman–Crippen MR) is 53.8 cm³/mol. The first kappa shape index (κ1) is 12.7. The van der Waals surface area contributed by atoms with E-state index in [4.69, 9.17) is 5.73 Å². The quantitative estimate of drug-likeness (QED) is 0.607. The summed E-state index contributed by atoms with van der Waals surface area (Å²) in [7, 11) is 1.26. The number of carbonyl (C=O) groups is 1. The van der Waals surface area contributed by atoms with E-state index in [-0.39, 0.29) is 24.4 Å². The molecule has 0 aromatic heterocycles. The molecule has 0 aliphatic heterocycles. The first-order valence-electron chi connectivity index (χ1n) is 3.74. The zero-order valence-electron chi connectivity index (χ0n) is 7.62. The Morgan fingerprint density at radius 1 is 1.57 bits per heavy atom. The summed E-state index contributed by atoms with van der Waals surface area (Å²) in [5, 5.41) is 0. The third kappa shape index (κ3) is 3.22. The van der Waals surface area contributed by atoms with Gasteiger partial charge in [-0.2, -0.15) is 0 Å². The Labute approximate surface area is 87.5 Å². The van der Waals surface area contributed by atoms with Crippen LogP contribution in [0.1, 0.15) is 5.56 Å². The molecule has 0 saturated heterocycles. The van der Waals surface area contributed by atoms with Gasteiger partial charge in [-0.1, -0.05) is 0 Å². The lowest BCUT2D eigenvalue weighted by Gasteiger charge is -2.02. The van der Waals surface area contributed by atoms with Gasteiger partial charge in [-0.15, -0.1) is 12.4 Å². The van der Waals surface area contributed by atoms with Gasteiger partial charge < -0.3 is 10.5 Å². The molecule has 1 aromatic rings. The fourth-order valence-corrected chi connectivity index (χ4v) is 0.958. The molecule has 0 saturated carbocycles. The molecule has 1 rings (SSSR count). The summed E-state index contributed by atoms with van der Waals surface area (Å²) < 4.78 is 17.4. The number of hydrogen-bond donors (Lipinski definition) is 1. The summed E-state index contributed by atoms with van der Waals surface area (Å²) in [6.45, 7) is 0. The highest BCUT2D eigenvalue weighted by Crippen LogP contribution is 2.12. The maximum atomic E-state index is 13.0. The van der Waals surface area contributed by atoms with E-state index in [2.05, 4.69) is 4.74 Å². The van der Waals surface area contributed by atoms with E-state index < -0.39 is 11.8 Å². The van der Waals surface area contributed by atoms with Gasteiger partial charge in [-0.05, 0) is 18.2 Å². The van der Waals surface area contributed by atoms with Gasteiger partial charge >= 0.3 is 5.97 Å². The molecule has 2 N–H and O–H groups in total. The number of rotatable bonds is 2. The van der Waals surface area contributed by atoms with Crippen LogP contribution in [0.15, 0.2) is 18.2 Å². The second-order valence-corrected chi connectivity index (χ2v) is 2.60. The van der Waals surface area contributed by atoms with Crippen LogP contribution in [0.5, 0.6) is 0 Å². The summed E-state index contributed by atoms with van der Waals surface area (Å²) in [5.74, 6) is -0.927. The van der Waals surface area contributed by atoms with E-state index in [0.717, 1.165) is 0 Å². The van der Waals surface area contributed by atoms with Crippen LogP contribution in [0.4, 0.5) is 10.1 Å². The first-order chi connectivity index (χ1) is 6.13. The molecule has 0 aliphatic carbocycles. The largest absolute Gasteiger partial charge is 0.469 e. The minimum atomic E-state index is -0.482. The van der Waals surface area contributed by atoms with Crippen molar-refractivity contribution in [3.05, 3.63) is 29.6 Å². The molecule has 0 radical (unpaired) electrons. The van der Waals surface area contributed by atoms with E-state index in [1.807, 2.05) is 0 Å². The van der Waals surface area contributed by atoms with Crippen LogP contribution in [0, 0.1) is 5.82 Å². The third-order valence-electron chi connectivity index (χ3n) is 1.63. The Morgan fingerprint density at radius 3 is 2.79 bits per heavy atom. The molecule has 0 unspecified atom stereocenters. The topological polar surface area (TPSA) is 52.3 Å². The molecule has 0 spiro atoms. The second-order valence-electron chi connectivity index (χ2n) is 2.60. The monoisotopic (exact) mass is 219 g/mol. The molecule has 0 atom stereocenters. The van der Waals surface area contributed by atoms with Crippen molar-refractivity contribution < 1.29 is 13.9 Å². The van der Waals surface area contributed by atoms with Gasteiger partial charge in [0.1, 0.15) is 5.82 Å². The molecular weight excluding hydrogens is 209 g/mol. The maximum absolute atomic E-state index is 13.0. The Kier molecular flexibility index (Phi) is 4.94. The van der Waals surface area contributed by atoms with E-state index >= 15 is 0 Å². The van der Waals surface area contributed by atoms with E-state index in [0.29, 0.717) is 5.69 Å². The van der Waals surface area contributed by atoms with Gasteiger partial charge in [-0.25, -0.2) is 4.39 Å². The van der Waals surface area contributed by atoms with E-state index in [1.54, 1.807) is 0 Å². The van der Waals surface area contributed by atoms with Crippen molar-refractivity contribution in [3.8, 4) is 0 Å². The Hall–Kier alpha value is -1.29. The number of ether oxygens (including phenoxy) is 1. The molecule has 0 aliphatic rings. The minimum Gasteiger partial charge on any atom is -0.469 e. The summed E-state index contributed by atoms with van der Waals surface area (Å²) in [5.41, 5.74) is 6.11. The van der Waals surface area contributed by atoms with Crippen molar-refractivity contribution in [3.63, 3.8) is 0 Å². The number of anilines is 1. The number of nitrogens with two attached hydrogens (primary N) is 1. The van der Waals surface area contributed by atoms with Crippen LogP contribution in [-0.2, 0) is 16.0 Å². The van der Waals surface area contributed by atoms with Crippen molar-refractivity contribution in [1.29, 1.82) is 0 Å². The molecule has 5 heteroatoms. The van der Waals surface area contributed by atoms with Crippen molar-refractivity contribution in [2.24, 2.45) is 0 Å². The number of halogens is 2. The van der Waals surface area contributed by atoms with Gasteiger partial charge in [0, 0.05) is 11.3 Å². The molecule has 3 nitrogen and oxygen atoms in total. The molecule has 1 aromatic carbocycles. The minimum absolute atomic E-state index is 0. The lowest BCUT2D eigenvalue weighted by Crippen LogP contribution is -2.06. The molecule has 0 bridgehead atoms. The van der Waals surface area contributed by atoms with Crippen molar-refractivity contribution in [2.45, 2.75) is 6.42 Å². The summed E-state index contributed by atoms with van der Waals surface area (Å²) in [6.07, 6.45) is -0.0899. The number of nitrogen functional groups attached to an aromatic ring is 1. The van der Waals surface area contributed by atoms with Gasteiger partial charge in [0.15, 0.2) is 0 Å². The van der Waals surface area contributed by atoms with Gasteiger partial charge in [0.2, 0.25) is 0 Å². The number of methoxy groups -OCH3 is 1. The van der Waals surface area contributed by atoms with Crippen LogP contribution < -0.4 is 5.73 Å². The van der Waals surface area contributed by atoms with E-state index in [9.17, 15) is 9.18 Å². The zero-order chi connectivity index (χ0) is 9.84. The van der Waals surface area contributed by atoms with Gasteiger partial charge in [-0.3, -0.25) is 4.79 Å². The fraction of sp³-hybridized carbons (Fsp3) is 0.222. The number of benzene rings is 1. The lowest BCUT2D eigenvalue weighted by molar-refractivity contribution is -0.139. The Balaban J connectivity index is 0.00000169. The van der Waals surface area contributed by atoms with Crippen molar-refractivity contribution >= 4 is 24.1 Å². The summed E-state index contributed by atoms with van der Waals surface area (Å²) in [4.78, 5) is 10.8. The van der Waals surface area contributed by atoms with Crippen molar-refractivity contribution in [1.82, 2.24) is 0 Å². The van der Waals surface area contributed by atoms with Crippen LogP contribution >= 0.6 is 12.4 Å². The lowest BCUT2D eigenvalue weighted by atomic mass is 10.1. The second kappa shape index (κ2) is 5.44. The highest BCUT2D eigenvalue weighted by atomic mass is 35.5. The van der Waals surface area contributed by atoms with Crippen molar-refractivity contribution in [2.75, 3.05) is 12.8 Å². The SMILES string of the molecule is COC(=O)Cc1cc(N)ccc1F.Cl. The first-order valence-corrected chi connectivity index (χ1v) is 3.74. The smallest absolute Gasteiger partial charge is 0.310 e. The number of carbonyl (C=O) groups excluding carboxylic acids is 1. The van der Waals surface area contributed by atoms with Crippen LogP contribution in [0.2, 0.25) is 0 Å². The number of hydrogen-bond acceptors (Lipinski definition) is 3.